The molecule has 0 saturated carbocycles. The Hall–Kier alpha value is -1.85. The number of aliphatic hydroxyl groups is 1. The number of hydrogen-bond acceptors (Lipinski definition) is 3. The van der Waals surface area contributed by atoms with Gasteiger partial charge in [0.25, 0.3) is 5.91 Å². The van der Waals surface area contributed by atoms with Gasteiger partial charge in [0.1, 0.15) is 5.75 Å². The van der Waals surface area contributed by atoms with Crippen molar-refractivity contribution in [1.82, 2.24) is 4.90 Å². The first kappa shape index (κ1) is 17.5. The fourth-order valence-corrected chi connectivity index (χ4v) is 2.42. The topological polar surface area (TPSA) is 49.8 Å². The van der Waals surface area contributed by atoms with Crippen LogP contribution in [0.4, 0.5) is 0 Å². The molecule has 23 heavy (non-hydrogen) atoms. The summed E-state index contributed by atoms with van der Waals surface area (Å²) in [6.07, 6.45) is 0.755. The van der Waals surface area contributed by atoms with Crippen molar-refractivity contribution < 1.29 is 14.6 Å². The van der Waals surface area contributed by atoms with Gasteiger partial charge in [0, 0.05) is 17.6 Å². The van der Waals surface area contributed by atoms with E-state index in [0.717, 1.165) is 16.5 Å². The lowest BCUT2D eigenvalue weighted by Crippen LogP contribution is -2.38. The minimum Gasteiger partial charge on any atom is -0.484 e. The van der Waals surface area contributed by atoms with Gasteiger partial charge in [0.2, 0.25) is 0 Å². The number of hydrogen-bond donors (Lipinski definition) is 1. The lowest BCUT2D eigenvalue weighted by molar-refractivity contribution is -0.133. The van der Waals surface area contributed by atoms with Crippen LogP contribution in [0.5, 0.6) is 5.75 Å². The van der Waals surface area contributed by atoms with Crippen LogP contribution in [0.25, 0.3) is 0 Å². The first-order chi connectivity index (χ1) is 11.2. The normalized spacial score (nSPS) is 10.3. The van der Waals surface area contributed by atoms with E-state index in [2.05, 4.69) is 15.9 Å². The number of carbonyl (C=O) groups excluding carboxylic acids is 1. The van der Waals surface area contributed by atoms with Crippen LogP contribution < -0.4 is 4.74 Å². The Labute approximate surface area is 144 Å². The zero-order valence-electron chi connectivity index (χ0n) is 12.8. The van der Waals surface area contributed by atoms with Crippen LogP contribution in [0.15, 0.2) is 59.1 Å². The predicted octanol–water partition coefficient (Wildman–Crippen LogP) is 2.89. The van der Waals surface area contributed by atoms with E-state index in [1.807, 2.05) is 42.5 Å². The predicted molar refractivity (Wildman–Crippen MR) is 93.4 cm³/mol. The largest absolute Gasteiger partial charge is 0.484 e. The molecular weight excluding hydrogens is 358 g/mol. The summed E-state index contributed by atoms with van der Waals surface area (Å²) in [7, 11) is 0. The van der Waals surface area contributed by atoms with Gasteiger partial charge in [-0.2, -0.15) is 0 Å². The standard InChI is InChI=1S/C18H20BrNO3/c19-16-6-8-17(9-7-16)23-14-18(22)20(12-13-21)11-10-15-4-2-1-3-5-15/h1-9,21H,10-14H2. The smallest absolute Gasteiger partial charge is 0.260 e. The zero-order valence-corrected chi connectivity index (χ0v) is 14.4. The first-order valence-corrected chi connectivity index (χ1v) is 8.29. The second-order valence-corrected chi connectivity index (χ2v) is 6.00. The van der Waals surface area contributed by atoms with Crippen molar-refractivity contribution in [1.29, 1.82) is 0 Å². The molecule has 2 aromatic rings. The fourth-order valence-electron chi connectivity index (χ4n) is 2.16. The minimum absolute atomic E-state index is 0.0313. The summed E-state index contributed by atoms with van der Waals surface area (Å²) in [5.41, 5.74) is 1.16. The molecule has 0 aliphatic rings. The van der Waals surface area contributed by atoms with E-state index in [0.29, 0.717) is 18.8 Å². The van der Waals surface area contributed by atoms with Gasteiger partial charge in [0.15, 0.2) is 6.61 Å². The quantitative estimate of drug-likeness (QED) is 0.769. The lowest BCUT2D eigenvalue weighted by atomic mass is 10.1. The van der Waals surface area contributed by atoms with E-state index in [4.69, 9.17) is 9.84 Å². The SMILES string of the molecule is O=C(COc1ccc(Br)cc1)N(CCO)CCc1ccccc1. The van der Waals surface area contributed by atoms with E-state index < -0.39 is 0 Å². The summed E-state index contributed by atoms with van der Waals surface area (Å²) in [6, 6.07) is 17.3. The van der Waals surface area contributed by atoms with Crippen LogP contribution in [0.3, 0.4) is 0 Å². The Bertz CT molecular complexity index is 601. The molecule has 1 N–H and O–H groups in total. The van der Waals surface area contributed by atoms with Crippen molar-refractivity contribution >= 4 is 21.8 Å². The number of amides is 1. The summed E-state index contributed by atoms with van der Waals surface area (Å²) in [6.45, 7) is 0.789. The molecular formula is C18H20BrNO3. The Morgan fingerprint density at radius 2 is 1.74 bits per heavy atom. The maximum absolute atomic E-state index is 12.3. The molecule has 0 radical (unpaired) electrons. The molecule has 0 unspecified atom stereocenters. The van der Waals surface area contributed by atoms with Gasteiger partial charge in [-0.15, -0.1) is 0 Å². The highest BCUT2D eigenvalue weighted by molar-refractivity contribution is 9.10. The molecule has 0 aromatic heterocycles. The molecule has 2 aromatic carbocycles. The number of rotatable bonds is 8. The third-order valence-electron chi connectivity index (χ3n) is 3.41. The highest BCUT2D eigenvalue weighted by atomic mass is 79.9. The number of nitrogens with zero attached hydrogens (tertiary/aromatic N) is 1. The number of halogens is 1. The third kappa shape index (κ3) is 6.04. The lowest BCUT2D eigenvalue weighted by Gasteiger charge is -2.22. The fraction of sp³-hybridized carbons (Fsp3) is 0.278. The molecule has 0 atom stereocenters. The molecule has 122 valence electrons. The van der Waals surface area contributed by atoms with Gasteiger partial charge in [0.05, 0.1) is 6.61 Å². The second kappa shape index (κ2) is 9.33. The van der Waals surface area contributed by atoms with Crippen LogP contribution in [-0.2, 0) is 11.2 Å². The molecule has 0 saturated heterocycles. The van der Waals surface area contributed by atoms with E-state index in [-0.39, 0.29) is 19.1 Å². The van der Waals surface area contributed by atoms with Gasteiger partial charge in [-0.3, -0.25) is 4.79 Å². The summed E-state index contributed by atoms with van der Waals surface area (Å²) in [5, 5.41) is 9.16. The summed E-state index contributed by atoms with van der Waals surface area (Å²) in [4.78, 5) is 13.9. The maximum Gasteiger partial charge on any atom is 0.260 e. The molecule has 0 bridgehead atoms. The molecule has 0 heterocycles. The van der Waals surface area contributed by atoms with Crippen molar-refractivity contribution in [3.05, 3.63) is 64.6 Å². The van der Waals surface area contributed by atoms with Gasteiger partial charge >= 0.3 is 0 Å². The Morgan fingerprint density at radius 1 is 1.04 bits per heavy atom. The average Bonchev–Trinajstić information content (AvgIpc) is 2.58. The molecule has 4 nitrogen and oxygen atoms in total. The second-order valence-electron chi connectivity index (χ2n) is 5.08. The number of ether oxygens (including phenoxy) is 1. The van der Waals surface area contributed by atoms with Crippen LogP contribution >= 0.6 is 15.9 Å². The van der Waals surface area contributed by atoms with E-state index in [1.54, 1.807) is 17.0 Å². The van der Waals surface area contributed by atoms with Gasteiger partial charge in [-0.25, -0.2) is 0 Å². The van der Waals surface area contributed by atoms with Crippen molar-refractivity contribution in [2.45, 2.75) is 6.42 Å². The zero-order chi connectivity index (χ0) is 16.5. The van der Waals surface area contributed by atoms with Gasteiger partial charge in [-0.1, -0.05) is 46.3 Å². The van der Waals surface area contributed by atoms with Crippen molar-refractivity contribution in [3.63, 3.8) is 0 Å². The van der Waals surface area contributed by atoms with Crippen LogP contribution in [0, 0.1) is 0 Å². The Kier molecular flexibility index (Phi) is 7.10. The van der Waals surface area contributed by atoms with Gasteiger partial charge in [-0.05, 0) is 36.2 Å². The van der Waals surface area contributed by atoms with Crippen molar-refractivity contribution in [3.8, 4) is 5.75 Å². The highest BCUT2D eigenvalue weighted by Crippen LogP contribution is 2.16. The van der Waals surface area contributed by atoms with E-state index >= 15 is 0 Å². The highest BCUT2D eigenvalue weighted by Gasteiger charge is 2.13. The summed E-state index contributed by atoms with van der Waals surface area (Å²) in [5.74, 6) is 0.520. The Morgan fingerprint density at radius 3 is 2.39 bits per heavy atom. The minimum atomic E-state index is -0.127. The van der Waals surface area contributed by atoms with Crippen LogP contribution in [0.1, 0.15) is 5.56 Å². The number of benzene rings is 2. The molecule has 1 amide bonds. The Balaban J connectivity index is 1.86. The summed E-state index contributed by atoms with van der Waals surface area (Å²) < 4.78 is 6.47. The van der Waals surface area contributed by atoms with Gasteiger partial charge < -0.3 is 14.7 Å². The molecule has 0 aliphatic carbocycles. The van der Waals surface area contributed by atoms with Crippen molar-refractivity contribution in [2.75, 3.05) is 26.3 Å². The van der Waals surface area contributed by atoms with Crippen LogP contribution in [-0.4, -0.2) is 42.2 Å². The third-order valence-corrected chi connectivity index (χ3v) is 3.94. The maximum atomic E-state index is 12.3. The van der Waals surface area contributed by atoms with E-state index in [1.165, 1.54) is 0 Å². The molecule has 0 aliphatic heterocycles. The monoisotopic (exact) mass is 377 g/mol. The number of aliphatic hydroxyl groups excluding tert-OH is 1. The summed E-state index contributed by atoms with van der Waals surface area (Å²) >= 11 is 3.35. The van der Waals surface area contributed by atoms with Crippen LogP contribution in [0.2, 0.25) is 0 Å². The number of carbonyl (C=O) groups is 1. The molecule has 2 rings (SSSR count). The molecule has 0 spiro atoms. The average molecular weight is 378 g/mol. The molecule has 5 heteroatoms. The van der Waals surface area contributed by atoms with Crippen molar-refractivity contribution in [2.24, 2.45) is 0 Å². The molecule has 0 fully saturated rings. The van der Waals surface area contributed by atoms with E-state index in [9.17, 15) is 4.79 Å². The first-order valence-electron chi connectivity index (χ1n) is 7.50.